The molecule has 1 rings (SSSR count). The molecule has 0 aromatic carbocycles. The summed E-state index contributed by atoms with van der Waals surface area (Å²) in [4.78, 5) is 23.0. The van der Waals surface area contributed by atoms with Crippen LogP contribution in [-0.2, 0) is 4.79 Å². The second kappa shape index (κ2) is 6.13. The molecule has 0 aliphatic heterocycles. The zero-order valence-corrected chi connectivity index (χ0v) is 11.5. The largest absolute Gasteiger partial charge is 0.480 e. The summed E-state index contributed by atoms with van der Waals surface area (Å²) in [6.45, 7) is 1.56. The van der Waals surface area contributed by atoms with Gasteiger partial charge in [0.1, 0.15) is 6.04 Å². The summed E-state index contributed by atoms with van der Waals surface area (Å²) in [6, 6.07) is 0.621. The van der Waals surface area contributed by atoms with E-state index in [-0.39, 0.29) is 13.0 Å². The highest BCUT2D eigenvalue weighted by molar-refractivity contribution is 9.11. The average molecular weight is 322 g/mol. The van der Waals surface area contributed by atoms with Gasteiger partial charge in [0.05, 0.1) is 8.66 Å². The number of carbonyl (C=O) groups excluding carboxylic acids is 1. The Balaban J connectivity index is 2.73. The number of aliphatic hydroxyl groups excluding tert-OH is 1. The van der Waals surface area contributed by atoms with Crippen LogP contribution >= 0.6 is 27.3 Å². The fraction of sp³-hybridized carbons (Fsp3) is 0.400. The fourth-order valence-corrected chi connectivity index (χ4v) is 2.63. The molecule has 17 heavy (non-hydrogen) atoms. The molecule has 94 valence electrons. The number of carboxylic acids is 1. The molecule has 0 saturated carbocycles. The van der Waals surface area contributed by atoms with Crippen molar-refractivity contribution in [1.29, 1.82) is 0 Å². The van der Waals surface area contributed by atoms with E-state index in [1.807, 2.05) is 6.92 Å². The minimum absolute atomic E-state index is 0.00734. The van der Waals surface area contributed by atoms with Crippen LogP contribution in [0.25, 0.3) is 0 Å². The van der Waals surface area contributed by atoms with Gasteiger partial charge >= 0.3 is 5.97 Å². The lowest BCUT2D eigenvalue weighted by molar-refractivity contribution is -0.139. The normalized spacial score (nSPS) is 12.2. The third-order valence-corrected chi connectivity index (χ3v) is 4.24. The number of amides is 1. The molecule has 0 radical (unpaired) electrons. The Kier molecular flexibility index (Phi) is 5.10. The van der Waals surface area contributed by atoms with Gasteiger partial charge in [0.25, 0.3) is 5.91 Å². The van der Waals surface area contributed by atoms with Crippen molar-refractivity contribution in [3.63, 3.8) is 0 Å². The quantitative estimate of drug-likeness (QED) is 0.764. The number of hydrogen-bond donors (Lipinski definition) is 3. The molecular formula is C10H12BrNO4S. The first-order chi connectivity index (χ1) is 7.95. The van der Waals surface area contributed by atoms with Crippen LogP contribution in [0.15, 0.2) is 9.85 Å². The van der Waals surface area contributed by atoms with Gasteiger partial charge in [-0.3, -0.25) is 4.79 Å². The molecule has 1 aromatic heterocycles. The van der Waals surface area contributed by atoms with Crippen molar-refractivity contribution in [3.05, 3.63) is 20.3 Å². The maximum absolute atomic E-state index is 11.7. The number of thiophene rings is 1. The van der Waals surface area contributed by atoms with Crippen molar-refractivity contribution in [2.75, 3.05) is 6.61 Å². The number of carbonyl (C=O) groups is 2. The van der Waals surface area contributed by atoms with Gasteiger partial charge in [-0.05, 0) is 34.5 Å². The maximum Gasteiger partial charge on any atom is 0.326 e. The van der Waals surface area contributed by atoms with Gasteiger partial charge in [-0.15, -0.1) is 11.3 Å². The molecule has 1 amide bonds. The molecule has 0 saturated heterocycles. The van der Waals surface area contributed by atoms with Gasteiger partial charge in [0.15, 0.2) is 0 Å². The average Bonchev–Trinajstić information content (AvgIpc) is 2.58. The number of aliphatic hydroxyl groups is 1. The van der Waals surface area contributed by atoms with E-state index in [9.17, 15) is 9.59 Å². The van der Waals surface area contributed by atoms with Gasteiger partial charge in [-0.25, -0.2) is 4.79 Å². The first-order valence-electron chi connectivity index (χ1n) is 4.86. The van der Waals surface area contributed by atoms with Gasteiger partial charge in [-0.2, -0.15) is 0 Å². The number of carboxylic acid groups (broad SMARTS) is 1. The third kappa shape index (κ3) is 3.79. The predicted molar refractivity (Wildman–Crippen MR) is 67.3 cm³/mol. The van der Waals surface area contributed by atoms with Gasteiger partial charge in [0, 0.05) is 13.0 Å². The number of nitrogens with one attached hydrogen (secondary N) is 1. The van der Waals surface area contributed by atoms with E-state index >= 15 is 0 Å². The molecule has 0 aliphatic rings. The summed E-state index contributed by atoms with van der Waals surface area (Å²) in [6.07, 6.45) is -0.00734. The smallest absolute Gasteiger partial charge is 0.326 e. The van der Waals surface area contributed by atoms with E-state index in [1.54, 1.807) is 6.07 Å². The number of hydrogen-bond acceptors (Lipinski definition) is 4. The summed E-state index contributed by atoms with van der Waals surface area (Å²) in [5, 5.41) is 19.9. The lowest BCUT2D eigenvalue weighted by Gasteiger charge is -2.11. The van der Waals surface area contributed by atoms with E-state index in [0.717, 1.165) is 9.35 Å². The maximum atomic E-state index is 11.7. The standard InChI is InChI=1S/C10H12BrNO4S/c1-5-4-7(17-8(5)11)9(14)12-6(2-3-13)10(15)16/h4,6,13H,2-3H2,1H3,(H,12,14)(H,15,16)/t6-/m0/s1. The Labute approximate surface area is 111 Å². The second-order valence-corrected chi connectivity index (χ2v) is 5.81. The van der Waals surface area contributed by atoms with Crippen molar-refractivity contribution < 1.29 is 19.8 Å². The number of halogens is 1. The van der Waals surface area contributed by atoms with Crippen LogP contribution in [-0.4, -0.2) is 34.7 Å². The highest BCUT2D eigenvalue weighted by Gasteiger charge is 2.21. The fourth-order valence-electron chi connectivity index (χ4n) is 1.19. The van der Waals surface area contributed by atoms with Crippen molar-refractivity contribution in [1.82, 2.24) is 5.32 Å². The molecule has 0 unspecified atom stereocenters. The van der Waals surface area contributed by atoms with E-state index in [4.69, 9.17) is 10.2 Å². The van der Waals surface area contributed by atoms with Crippen molar-refractivity contribution in [2.45, 2.75) is 19.4 Å². The van der Waals surface area contributed by atoms with E-state index in [0.29, 0.717) is 4.88 Å². The van der Waals surface area contributed by atoms with Crippen molar-refractivity contribution >= 4 is 39.1 Å². The van der Waals surface area contributed by atoms with Crippen LogP contribution in [0.2, 0.25) is 0 Å². The summed E-state index contributed by atoms with van der Waals surface area (Å²) in [7, 11) is 0. The SMILES string of the molecule is Cc1cc(C(=O)N[C@@H](CCO)C(=O)O)sc1Br. The van der Waals surface area contributed by atoms with E-state index < -0.39 is 17.9 Å². The first-order valence-corrected chi connectivity index (χ1v) is 6.47. The Morgan fingerprint density at radius 3 is 2.65 bits per heavy atom. The van der Waals surface area contributed by atoms with Crippen LogP contribution < -0.4 is 5.32 Å². The first kappa shape index (κ1) is 14.1. The number of aryl methyl sites for hydroxylation is 1. The second-order valence-electron chi connectivity index (χ2n) is 3.44. The number of aliphatic carboxylic acids is 1. The van der Waals surface area contributed by atoms with Crippen LogP contribution in [0, 0.1) is 6.92 Å². The summed E-state index contributed by atoms with van der Waals surface area (Å²) in [5.41, 5.74) is 0.925. The highest BCUT2D eigenvalue weighted by atomic mass is 79.9. The molecule has 1 aromatic rings. The Morgan fingerprint density at radius 2 is 2.24 bits per heavy atom. The Bertz CT molecular complexity index is 412. The summed E-state index contributed by atoms with van der Waals surface area (Å²) < 4.78 is 0.844. The molecule has 5 nitrogen and oxygen atoms in total. The van der Waals surface area contributed by atoms with Gasteiger partial charge in [0.2, 0.25) is 0 Å². The zero-order chi connectivity index (χ0) is 13.0. The van der Waals surface area contributed by atoms with E-state index in [1.165, 1.54) is 11.3 Å². The molecule has 0 fully saturated rings. The molecule has 3 N–H and O–H groups in total. The Hall–Kier alpha value is -0.920. The third-order valence-electron chi connectivity index (χ3n) is 2.10. The van der Waals surface area contributed by atoms with Gasteiger partial charge < -0.3 is 15.5 Å². The topological polar surface area (TPSA) is 86.6 Å². The molecule has 1 heterocycles. The summed E-state index contributed by atoms with van der Waals surface area (Å²) >= 11 is 4.54. The lowest BCUT2D eigenvalue weighted by atomic mass is 10.2. The summed E-state index contributed by atoms with van der Waals surface area (Å²) in [5.74, 6) is -1.59. The number of rotatable bonds is 5. The van der Waals surface area contributed by atoms with Crippen LogP contribution in [0.4, 0.5) is 0 Å². The Morgan fingerprint density at radius 1 is 1.59 bits per heavy atom. The zero-order valence-electron chi connectivity index (χ0n) is 9.07. The van der Waals surface area contributed by atoms with Crippen LogP contribution in [0.1, 0.15) is 21.7 Å². The minimum Gasteiger partial charge on any atom is -0.480 e. The highest BCUT2D eigenvalue weighted by Crippen LogP contribution is 2.27. The molecule has 0 aliphatic carbocycles. The predicted octanol–water partition coefficient (Wildman–Crippen LogP) is 1.38. The lowest BCUT2D eigenvalue weighted by Crippen LogP contribution is -2.41. The van der Waals surface area contributed by atoms with Crippen molar-refractivity contribution in [3.8, 4) is 0 Å². The molecule has 1 atom stereocenters. The van der Waals surface area contributed by atoms with Crippen LogP contribution in [0.5, 0.6) is 0 Å². The molecule has 0 spiro atoms. The minimum atomic E-state index is -1.15. The molecular weight excluding hydrogens is 310 g/mol. The molecule has 0 bridgehead atoms. The van der Waals surface area contributed by atoms with Crippen molar-refractivity contribution in [2.24, 2.45) is 0 Å². The molecule has 7 heteroatoms. The van der Waals surface area contributed by atoms with Gasteiger partial charge in [-0.1, -0.05) is 0 Å². The monoisotopic (exact) mass is 321 g/mol. The van der Waals surface area contributed by atoms with Crippen LogP contribution in [0.3, 0.4) is 0 Å². The van der Waals surface area contributed by atoms with E-state index in [2.05, 4.69) is 21.2 Å².